The van der Waals surface area contributed by atoms with Gasteiger partial charge in [-0.05, 0) is 24.1 Å². The topological polar surface area (TPSA) is 55.1 Å². The molecule has 0 spiro atoms. The van der Waals surface area contributed by atoms with Crippen LogP contribution in [-0.2, 0) is 4.79 Å². The lowest BCUT2D eigenvalue weighted by Gasteiger charge is -2.13. The molecule has 0 aliphatic heterocycles. The molecule has 1 unspecified atom stereocenters. The van der Waals surface area contributed by atoms with E-state index in [0.717, 1.165) is 16.8 Å². The van der Waals surface area contributed by atoms with Gasteiger partial charge in [-0.3, -0.25) is 4.79 Å². The van der Waals surface area contributed by atoms with Crippen LogP contribution in [-0.4, -0.2) is 5.91 Å². The molecule has 0 heterocycles. The van der Waals surface area contributed by atoms with Crippen molar-refractivity contribution >= 4 is 11.6 Å². The molecule has 19 heavy (non-hydrogen) atoms. The van der Waals surface area contributed by atoms with Crippen LogP contribution in [0.5, 0.6) is 0 Å². The van der Waals surface area contributed by atoms with Crippen LogP contribution in [0.1, 0.15) is 23.6 Å². The number of nitrogens with one attached hydrogen (secondary N) is 1. The molecule has 0 aliphatic carbocycles. The van der Waals surface area contributed by atoms with Crippen LogP contribution in [0.4, 0.5) is 5.69 Å². The number of aryl methyl sites for hydroxylation is 1. The fourth-order valence-electron chi connectivity index (χ4n) is 1.93. The molecule has 3 N–H and O–H groups in total. The number of rotatable bonds is 4. The number of para-hydroxylation sites is 1. The summed E-state index contributed by atoms with van der Waals surface area (Å²) in [6.45, 7) is 1.97. The summed E-state index contributed by atoms with van der Waals surface area (Å²) < 4.78 is 0. The minimum Gasteiger partial charge on any atom is -0.326 e. The van der Waals surface area contributed by atoms with Crippen LogP contribution in [0, 0.1) is 6.92 Å². The van der Waals surface area contributed by atoms with E-state index in [-0.39, 0.29) is 18.4 Å². The second-order valence-corrected chi connectivity index (χ2v) is 4.58. The molecule has 0 saturated heterocycles. The van der Waals surface area contributed by atoms with Crippen LogP contribution >= 0.6 is 0 Å². The van der Waals surface area contributed by atoms with Gasteiger partial charge in [0.25, 0.3) is 0 Å². The standard InChI is InChI=1S/C16H18N2O/c1-12-7-5-6-10-15(12)18-16(19)11-14(17)13-8-3-2-4-9-13/h2-10,14H,11,17H2,1H3,(H,18,19). The highest BCUT2D eigenvalue weighted by Crippen LogP contribution is 2.17. The average molecular weight is 254 g/mol. The van der Waals surface area contributed by atoms with Gasteiger partial charge in [0.05, 0.1) is 0 Å². The molecule has 0 aliphatic rings. The van der Waals surface area contributed by atoms with Gasteiger partial charge in [-0.25, -0.2) is 0 Å². The summed E-state index contributed by atoms with van der Waals surface area (Å²) in [4.78, 5) is 12.0. The number of nitrogens with two attached hydrogens (primary N) is 1. The Kier molecular flexibility index (Phi) is 4.31. The van der Waals surface area contributed by atoms with Gasteiger partial charge in [0.2, 0.25) is 5.91 Å². The maximum absolute atomic E-state index is 12.0. The van der Waals surface area contributed by atoms with Crippen LogP contribution in [0.3, 0.4) is 0 Å². The molecule has 2 aromatic rings. The van der Waals surface area contributed by atoms with Gasteiger partial charge >= 0.3 is 0 Å². The summed E-state index contributed by atoms with van der Waals surface area (Å²) in [6, 6.07) is 17.1. The Morgan fingerprint density at radius 3 is 2.42 bits per heavy atom. The zero-order valence-electron chi connectivity index (χ0n) is 11.0. The normalized spacial score (nSPS) is 11.9. The van der Waals surface area contributed by atoms with Crippen molar-refractivity contribution in [3.05, 3.63) is 65.7 Å². The molecule has 0 saturated carbocycles. The van der Waals surface area contributed by atoms with E-state index >= 15 is 0 Å². The highest BCUT2D eigenvalue weighted by Gasteiger charge is 2.11. The molecular weight excluding hydrogens is 236 g/mol. The number of hydrogen-bond acceptors (Lipinski definition) is 2. The van der Waals surface area contributed by atoms with Gasteiger partial charge in [-0.15, -0.1) is 0 Å². The molecule has 98 valence electrons. The van der Waals surface area contributed by atoms with E-state index in [1.807, 2.05) is 61.5 Å². The number of carbonyl (C=O) groups is 1. The summed E-state index contributed by atoms with van der Waals surface area (Å²) in [7, 11) is 0. The smallest absolute Gasteiger partial charge is 0.226 e. The first-order valence-electron chi connectivity index (χ1n) is 6.33. The van der Waals surface area contributed by atoms with Crippen molar-refractivity contribution in [3.63, 3.8) is 0 Å². The maximum atomic E-state index is 12.0. The maximum Gasteiger partial charge on any atom is 0.226 e. The van der Waals surface area contributed by atoms with Gasteiger partial charge in [-0.2, -0.15) is 0 Å². The zero-order valence-corrected chi connectivity index (χ0v) is 11.0. The Bertz CT molecular complexity index is 552. The van der Waals surface area contributed by atoms with E-state index in [1.54, 1.807) is 0 Å². The minimum absolute atomic E-state index is 0.0642. The summed E-state index contributed by atoms with van der Waals surface area (Å²) in [6.07, 6.45) is 0.276. The fraction of sp³-hybridized carbons (Fsp3) is 0.188. The lowest BCUT2D eigenvalue weighted by molar-refractivity contribution is -0.116. The van der Waals surface area contributed by atoms with Crippen molar-refractivity contribution in [1.29, 1.82) is 0 Å². The highest BCUT2D eigenvalue weighted by molar-refractivity contribution is 5.91. The third-order valence-electron chi connectivity index (χ3n) is 3.05. The summed E-state index contributed by atoms with van der Waals surface area (Å²) in [5.41, 5.74) is 8.89. The minimum atomic E-state index is -0.273. The van der Waals surface area contributed by atoms with Crippen molar-refractivity contribution in [2.24, 2.45) is 5.73 Å². The Morgan fingerprint density at radius 2 is 1.74 bits per heavy atom. The quantitative estimate of drug-likeness (QED) is 0.881. The van der Waals surface area contributed by atoms with Gasteiger partial charge < -0.3 is 11.1 Å². The Morgan fingerprint density at radius 1 is 1.11 bits per heavy atom. The lowest BCUT2D eigenvalue weighted by Crippen LogP contribution is -2.20. The fourth-order valence-corrected chi connectivity index (χ4v) is 1.93. The molecule has 0 fully saturated rings. The highest BCUT2D eigenvalue weighted by atomic mass is 16.1. The lowest BCUT2D eigenvalue weighted by atomic mass is 10.0. The monoisotopic (exact) mass is 254 g/mol. The predicted molar refractivity (Wildman–Crippen MR) is 77.8 cm³/mol. The molecule has 0 radical (unpaired) electrons. The Balaban J connectivity index is 1.97. The second kappa shape index (κ2) is 6.16. The molecule has 1 amide bonds. The molecular formula is C16H18N2O. The summed E-state index contributed by atoms with van der Waals surface area (Å²) >= 11 is 0. The van der Waals surface area contributed by atoms with Crippen molar-refractivity contribution in [2.75, 3.05) is 5.32 Å². The van der Waals surface area contributed by atoms with Crippen LogP contribution in [0.2, 0.25) is 0 Å². The predicted octanol–water partition coefficient (Wildman–Crippen LogP) is 3.02. The first-order chi connectivity index (χ1) is 9.16. The average Bonchev–Trinajstić information content (AvgIpc) is 2.42. The van der Waals surface area contributed by atoms with Crippen LogP contribution < -0.4 is 11.1 Å². The van der Waals surface area contributed by atoms with E-state index in [2.05, 4.69) is 5.32 Å². The number of amides is 1. The summed E-state index contributed by atoms with van der Waals surface area (Å²) in [5.74, 6) is -0.0642. The van der Waals surface area contributed by atoms with Gasteiger partial charge in [0, 0.05) is 18.2 Å². The Labute approximate surface area is 113 Å². The first-order valence-corrected chi connectivity index (χ1v) is 6.33. The number of anilines is 1. The summed E-state index contributed by atoms with van der Waals surface area (Å²) in [5, 5.41) is 2.89. The van der Waals surface area contributed by atoms with E-state index in [4.69, 9.17) is 5.73 Å². The van der Waals surface area contributed by atoms with Gasteiger partial charge in [0.15, 0.2) is 0 Å². The molecule has 3 heteroatoms. The second-order valence-electron chi connectivity index (χ2n) is 4.58. The van der Waals surface area contributed by atoms with Crippen molar-refractivity contribution in [3.8, 4) is 0 Å². The van der Waals surface area contributed by atoms with Gasteiger partial charge in [0.1, 0.15) is 0 Å². The van der Waals surface area contributed by atoms with Crippen LogP contribution in [0.25, 0.3) is 0 Å². The number of benzene rings is 2. The zero-order chi connectivity index (χ0) is 13.7. The third kappa shape index (κ3) is 3.66. The molecule has 3 nitrogen and oxygen atoms in total. The van der Waals surface area contributed by atoms with Crippen LogP contribution in [0.15, 0.2) is 54.6 Å². The molecule has 2 rings (SSSR count). The molecule has 0 bridgehead atoms. The largest absolute Gasteiger partial charge is 0.326 e. The van der Waals surface area contributed by atoms with E-state index in [0.29, 0.717) is 0 Å². The molecule has 1 atom stereocenters. The Hall–Kier alpha value is -2.13. The van der Waals surface area contributed by atoms with E-state index < -0.39 is 0 Å². The van der Waals surface area contributed by atoms with Crippen molar-refractivity contribution in [1.82, 2.24) is 0 Å². The number of hydrogen-bond donors (Lipinski definition) is 2. The molecule has 0 aromatic heterocycles. The third-order valence-corrected chi connectivity index (χ3v) is 3.05. The van der Waals surface area contributed by atoms with Gasteiger partial charge in [-0.1, -0.05) is 48.5 Å². The van der Waals surface area contributed by atoms with E-state index in [9.17, 15) is 4.79 Å². The van der Waals surface area contributed by atoms with E-state index in [1.165, 1.54) is 0 Å². The van der Waals surface area contributed by atoms with Crippen molar-refractivity contribution in [2.45, 2.75) is 19.4 Å². The number of carbonyl (C=O) groups excluding carboxylic acids is 1. The first kappa shape index (κ1) is 13.3. The SMILES string of the molecule is Cc1ccccc1NC(=O)CC(N)c1ccccc1. The molecule has 2 aromatic carbocycles. The van der Waals surface area contributed by atoms with Crippen molar-refractivity contribution < 1.29 is 4.79 Å².